The molecule has 1 amide bonds. The van der Waals surface area contributed by atoms with Crippen molar-refractivity contribution in [3.8, 4) is 22.8 Å². The van der Waals surface area contributed by atoms with Crippen LogP contribution in [-0.2, 0) is 0 Å². The molecule has 0 aliphatic rings. The van der Waals surface area contributed by atoms with Crippen LogP contribution in [0.5, 0.6) is 0 Å². The van der Waals surface area contributed by atoms with E-state index in [1.54, 1.807) is 36.4 Å². The number of halogens is 1. The summed E-state index contributed by atoms with van der Waals surface area (Å²) in [6.07, 6.45) is 0. The molecular weight excluding hydrogens is 345 g/mol. The summed E-state index contributed by atoms with van der Waals surface area (Å²) >= 11 is 0. The van der Waals surface area contributed by atoms with Crippen molar-refractivity contribution >= 4 is 11.6 Å². The van der Waals surface area contributed by atoms with Gasteiger partial charge in [0.25, 0.3) is 11.8 Å². The van der Waals surface area contributed by atoms with E-state index in [0.29, 0.717) is 28.2 Å². The molecule has 0 aliphatic heterocycles. The fourth-order valence-corrected chi connectivity index (χ4v) is 2.58. The predicted octanol–water partition coefficient (Wildman–Crippen LogP) is 4.80. The van der Waals surface area contributed by atoms with Crippen LogP contribution in [0.4, 0.5) is 10.1 Å². The van der Waals surface area contributed by atoms with Crippen LogP contribution in [0.25, 0.3) is 22.8 Å². The fourth-order valence-electron chi connectivity index (χ4n) is 2.58. The number of nitrogens with zero attached hydrogens (tertiary/aromatic N) is 2. The summed E-state index contributed by atoms with van der Waals surface area (Å²) in [4.78, 5) is 16.8. The van der Waals surface area contributed by atoms with Crippen molar-refractivity contribution in [3.05, 3.63) is 90.2 Å². The van der Waals surface area contributed by atoms with Crippen molar-refractivity contribution in [2.24, 2.45) is 0 Å². The molecule has 0 unspecified atom stereocenters. The molecule has 1 N–H and O–H groups in total. The Morgan fingerprint density at radius 2 is 1.67 bits per heavy atom. The number of amides is 1. The Kier molecular flexibility index (Phi) is 4.45. The van der Waals surface area contributed by atoms with E-state index >= 15 is 0 Å². The Hall–Kier alpha value is -3.80. The maximum absolute atomic E-state index is 13.0. The molecule has 1 heterocycles. The zero-order valence-electron chi connectivity index (χ0n) is 14.1. The number of carbonyl (C=O) groups is 1. The number of hydrogen-bond acceptors (Lipinski definition) is 4. The Morgan fingerprint density at radius 3 is 2.44 bits per heavy atom. The van der Waals surface area contributed by atoms with E-state index in [1.165, 1.54) is 12.1 Å². The molecule has 0 spiro atoms. The van der Waals surface area contributed by atoms with Crippen molar-refractivity contribution < 1.29 is 13.7 Å². The van der Waals surface area contributed by atoms with E-state index in [2.05, 4.69) is 15.5 Å². The molecule has 5 nitrogen and oxygen atoms in total. The number of benzene rings is 3. The maximum atomic E-state index is 13.0. The third-order valence-corrected chi connectivity index (χ3v) is 3.93. The second kappa shape index (κ2) is 7.21. The molecule has 132 valence electrons. The molecule has 0 fully saturated rings. The number of nitrogens with one attached hydrogen (secondary N) is 1. The lowest BCUT2D eigenvalue weighted by atomic mass is 10.1. The van der Waals surface area contributed by atoms with E-state index in [4.69, 9.17) is 4.52 Å². The fraction of sp³-hybridized carbons (Fsp3) is 0. The van der Waals surface area contributed by atoms with Gasteiger partial charge in [0.2, 0.25) is 5.82 Å². The van der Waals surface area contributed by atoms with Crippen LogP contribution < -0.4 is 5.32 Å². The van der Waals surface area contributed by atoms with E-state index < -0.39 is 0 Å². The van der Waals surface area contributed by atoms with Gasteiger partial charge in [0, 0.05) is 22.4 Å². The van der Waals surface area contributed by atoms with Crippen LogP contribution >= 0.6 is 0 Å². The molecule has 4 rings (SSSR count). The monoisotopic (exact) mass is 359 g/mol. The summed E-state index contributed by atoms with van der Waals surface area (Å²) in [6.45, 7) is 0. The standard InChI is InChI=1S/C21H14FN3O2/c22-17-11-9-14(10-12-17)19-24-21(27-25-19)16-6-4-5-15(13-16)20(26)23-18-7-2-1-3-8-18/h1-13H,(H,23,26). The Balaban J connectivity index is 1.57. The van der Waals surface area contributed by atoms with Gasteiger partial charge in [-0.15, -0.1) is 0 Å². The molecule has 0 aliphatic carbocycles. The van der Waals surface area contributed by atoms with Gasteiger partial charge in [0.05, 0.1) is 0 Å². The van der Waals surface area contributed by atoms with Gasteiger partial charge in [-0.05, 0) is 54.6 Å². The molecule has 6 heteroatoms. The lowest BCUT2D eigenvalue weighted by molar-refractivity contribution is 0.102. The summed E-state index contributed by atoms with van der Waals surface area (Å²) < 4.78 is 18.3. The molecule has 0 bridgehead atoms. The van der Waals surface area contributed by atoms with Gasteiger partial charge in [-0.2, -0.15) is 4.98 Å². The first kappa shape index (κ1) is 16.7. The number of aromatic nitrogens is 2. The highest BCUT2D eigenvalue weighted by atomic mass is 19.1. The van der Waals surface area contributed by atoms with Gasteiger partial charge >= 0.3 is 0 Å². The first-order valence-electron chi connectivity index (χ1n) is 8.25. The van der Waals surface area contributed by atoms with Crippen molar-refractivity contribution in [3.63, 3.8) is 0 Å². The first-order chi connectivity index (χ1) is 13.2. The third kappa shape index (κ3) is 3.74. The van der Waals surface area contributed by atoms with Crippen LogP contribution in [0.2, 0.25) is 0 Å². The quantitative estimate of drug-likeness (QED) is 0.568. The predicted molar refractivity (Wildman–Crippen MR) is 99.5 cm³/mol. The molecule has 0 radical (unpaired) electrons. The molecular formula is C21H14FN3O2. The van der Waals surface area contributed by atoms with E-state index in [0.717, 1.165) is 0 Å². The molecule has 4 aromatic rings. The summed E-state index contributed by atoms with van der Waals surface area (Å²) in [5.41, 5.74) is 2.45. The van der Waals surface area contributed by atoms with Crippen LogP contribution in [0.15, 0.2) is 83.4 Å². The Labute approximate surface area is 154 Å². The van der Waals surface area contributed by atoms with E-state index in [-0.39, 0.29) is 17.6 Å². The zero-order chi connectivity index (χ0) is 18.6. The van der Waals surface area contributed by atoms with Gasteiger partial charge in [0.1, 0.15) is 5.82 Å². The Bertz CT molecular complexity index is 1080. The normalized spacial score (nSPS) is 10.6. The topological polar surface area (TPSA) is 68.0 Å². The lowest BCUT2D eigenvalue weighted by Crippen LogP contribution is -2.11. The lowest BCUT2D eigenvalue weighted by Gasteiger charge is -2.05. The average molecular weight is 359 g/mol. The molecule has 0 saturated carbocycles. The van der Waals surface area contributed by atoms with Gasteiger partial charge in [-0.1, -0.05) is 29.4 Å². The maximum Gasteiger partial charge on any atom is 0.258 e. The second-order valence-electron chi connectivity index (χ2n) is 5.83. The summed E-state index contributed by atoms with van der Waals surface area (Å²) in [5, 5.41) is 6.76. The van der Waals surface area contributed by atoms with Gasteiger partial charge in [0.15, 0.2) is 0 Å². The highest BCUT2D eigenvalue weighted by Gasteiger charge is 2.13. The molecule has 0 saturated heterocycles. The molecule has 3 aromatic carbocycles. The number of para-hydroxylation sites is 1. The van der Waals surface area contributed by atoms with Crippen molar-refractivity contribution in [1.82, 2.24) is 10.1 Å². The van der Waals surface area contributed by atoms with Crippen molar-refractivity contribution in [1.29, 1.82) is 0 Å². The smallest absolute Gasteiger partial charge is 0.258 e. The minimum absolute atomic E-state index is 0.235. The van der Waals surface area contributed by atoms with Crippen LogP contribution in [0.3, 0.4) is 0 Å². The number of rotatable bonds is 4. The number of hydrogen-bond donors (Lipinski definition) is 1. The summed E-state index contributed by atoms with van der Waals surface area (Å²) in [5.74, 6) is 0.0637. The molecule has 27 heavy (non-hydrogen) atoms. The van der Waals surface area contributed by atoms with E-state index in [9.17, 15) is 9.18 Å². The van der Waals surface area contributed by atoms with Crippen molar-refractivity contribution in [2.45, 2.75) is 0 Å². The van der Waals surface area contributed by atoms with Gasteiger partial charge in [-0.25, -0.2) is 4.39 Å². The molecule has 0 atom stereocenters. The third-order valence-electron chi connectivity index (χ3n) is 3.93. The highest BCUT2D eigenvalue weighted by Crippen LogP contribution is 2.23. The minimum Gasteiger partial charge on any atom is -0.334 e. The minimum atomic E-state index is -0.334. The Morgan fingerprint density at radius 1 is 0.889 bits per heavy atom. The van der Waals surface area contributed by atoms with Gasteiger partial charge < -0.3 is 9.84 Å². The number of anilines is 1. The van der Waals surface area contributed by atoms with Gasteiger partial charge in [-0.3, -0.25) is 4.79 Å². The largest absolute Gasteiger partial charge is 0.334 e. The SMILES string of the molecule is O=C(Nc1ccccc1)c1cccc(-c2nc(-c3ccc(F)cc3)no2)c1. The van der Waals surface area contributed by atoms with Crippen LogP contribution in [-0.4, -0.2) is 16.0 Å². The zero-order valence-corrected chi connectivity index (χ0v) is 14.1. The van der Waals surface area contributed by atoms with E-state index in [1.807, 2.05) is 30.3 Å². The van der Waals surface area contributed by atoms with Crippen molar-refractivity contribution in [2.75, 3.05) is 5.32 Å². The number of carbonyl (C=O) groups excluding carboxylic acids is 1. The summed E-state index contributed by atoms with van der Waals surface area (Å²) in [6, 6.07) is 21.9. The molecule has 1 aromatic heterocycles. The average Bonchev–Trinajstić information content (AvgIpc) is 3.20. The van der Waals surface area contributed by atoms with Crippen LogP contribution in [0, 0.1) is 5.82 Å². The summed E-state index contributed by atoms with van der Waals surface area (Å²) in [7, 11) is 0. The first-order valence-corrected chi connectivity index (χ1v) is 8.25. The highest BCUT2D eigenvalue weighted by molar-refractivity contribution is 6.04. The second-order valence-corrected chi connectivity index (χ2v) is 5.83. The van der Waals surface area contributed by atoms with Crippen LogP contribution in [0.1, 0.15) is 10.4 Å².